The molecular weight excluding hydrogens is 491 g/mol. The minimum absolute atomic E-state index is 0.130. The van der Waals surface area contributed by atoms with Crippen LogP contribution in [0.25, 0.3) is 10.8 Å². The Bertz CT molecular complexity index is 1480. The molecule has 0 atom stereocenters. The number of hydrogen-bond donors (Lipinski definition) is 1. The van der Waals surface area contributed by atoms with Crippen LogP contribution in [0.2, 0.25) is 10.0 Å². The van der Waals surface area contributed by atoms with Crippen LogP contribution >= 0.6 is 23.2 Å². The van der Waals surface area contributed by atoms with E-state index in [9.17, 15) is 13.2 Å². The highest BCUT2D eigenvalue weighted by atomic mass is 35.5. The molecule has 174 valence electrons. The standard InChI is InChI=1S/C26H22Cl2N2O3S/c1-17-7-5-11-24(18(17)2)30(16-26(31)29-22-14-20(27)13-21(28)15-22)34(32,33)25-12-6-9-19-8-3-4-10-23(19)25/h3-15H,16H2,1-2H3,(H,29,31). The van der Waals surface area contributed by atoms with Gasteiger partial charge in [-0.05, 0) is 60.7 Å². The number of rotatable bonds is 6. The lowest BCUT2D eigenvalue weighted by atomic mass is 10.1. The first kappa shape index (κ1) is 24.1. The summed E-state index contributed by atoms with van der Waals surface area (Å²) in [7, 11) is -4.10. The summed E-state index contributed by atoms with van der Waals surface area (Å²) in [5.74, 6) is -0.525. The molecule has 0 saturated heterocycles. The molecule has 0 aliphatic heterocycles. The van der Waals surface area contributed by atoms with Gasteiger partial charge >= 0.3 is 0 Å². The molecule has 4 aromatic carbocycles. The highest BCUT2D eigenvalue weighted by Crippen LogP contribution is 2.32. The van der Waals surface area contributed by atoms with Gasteiger partial charge in [-0.3, -0.25) is 9.10 Å². The van der Waals surface area contributed by atoms with Gasteiger partial charge in [-0.1, -0.05) is 71.7 Å². The summed E-state index contributed by atoms with van der Waals surface area (Å²) in [5, 5.41) is 4.80. The first-order valence-corrected chi connectivity index (χ1v) is 12.7. The molecule has 1 amide bonds. The summed E-state index contributed by atoms with van der Waals surface area (Å²) < 4.78 is 29.2. The summed E-state index contributed by atoms with van der Waals surface area (Å²) in [6, 6.07) is 22.4. The average Bonchev–Trinajstić information content (AvgIpc) is 2.78. The number of aryl methyl sites for hydroxylation is 1. The number of fused-ring (bicyclic) bond motifs is 1. The fourth-order valence-electron chi connectivity index (χ4n) is 3.80. The fraction of sp³-hybridized carbons (Fsp3) is 0.115. The van der Waals surface area contributed by atoms with Gasteiger partial charge in [0.15, 0.2) is 0 Å². The van der Waals surface area contributed by atoms with Crippen LogP contribution in [0.4, 0.5) is 11.4 Å². The van der Waals surface area contributed by atoms with E-state index < -0.39 is 22.5 Å². The van der Waals surface area contributed by atoms with E-state index >= 15 is 0 Å². The van der Waals surface area contributed by atoms with Crippen LogP contribution in [0.5, 0.6) is 0 Å². The smallest absolute Gasteiger partial charge is 0.265 e. The van der Waals surface area contributed by atoms with Crippen LogP contribution in [0.1, 0.15) is 11.1 Å². The van der Waals surface area contributed by atoms with Crippen LogP contribution in [0.3, 0.4) is 0 Å². The summed E-state index contributed by atoms with van der Waals surface area (Å²) in [5.41, 5.74) is 2.50. The topological polar surface area (TPSA) is 66.5 Å². The number of nitrogens with zero attached hydrogens (tertiary/aromatic N) is 1. The van der Waals surface area contributed by atoms with Gasteiger partial charge < -0.3 is 5.32 Å². The highest BCUT2D eigenvalue weighted by molar-refractivity contribution is 7.93. The number of hydrogen-bond acceptors (Lipinski definition) is 3. The minimum Gasteiger partial charge on any atom is -0.324 e. The molecule has 0 aliphatic carbocycles. The van der Waals surface area contributed by atoms with Crippen LogP contribution in [-0.4, -0.2) is 20.9 Å². The first-order chi connectivity index (χ1) is 16.2. The van der Waals surface area contributed by atoms with Crippen molar-refractivity contribution in [2.24, 2.45) is 0 Å². The van der Waals surface area contributed by atoms with E-state index in [0.29, 0.717) is 26.8 Å². The number of amides is 1. The van der Waals surface area contributed by atoms with E-state index in [4.69, 9.17) is 23.2 Å². The zero-order chi connectivity index (χ0) is 24.5. The summed E-state index contributed by atoms with van der Waals surface area (Å²) in [4.78, 5) is 13.2. The van der Waals surface area contributed by atoms with Crippen molar-refractivity contribution < 1.29 is 13.2 Å². The second-order valence-corrected chi connectivity index (χ2v) is 10.6. The summed E-state index contributed by atoms with van der Waals surface area (Å²) in [6.07, 6.45) is 0. The number of carbonyl (C=O) groups is 1. The molecule has 0 aliphatic rings. The molecular formula is C26H22Cl2N2O3S. The largest absolute Gasteiger partial charge is 0.324 e. The lowest BCUT2D eigenvalue weighted by Gasteiger charge is -2.27. The molecule has 0 fully saturated rings. The van der Waals surface area contributed by atoms with Crippen LogP contribution in [0, 0.1) is 13.8 Å². The molecule has 0 aromatic heterocycles. The van der Waals surface area contributed by atoms with Gasteiger partial charge in [0.1, 0.15) is 6.54 Å². The predicted molar refractivity (Wildman–Crippen MR) is 139 cm³/mol. The average molecular weight is 513 g/mol. The monoisotopic (exact) mass is 512 g/mol. The van der Waals surface area contributed by atoms with Gasteiger partial charge in [0.05, 0.1) is 10.6 Å². The Labute approximate surface area is 209 Å². The lowest BCUT2D eigenvalue weighted by molar-refractivity contribution is -0.114. The third-order valence-electron chi connectivity index (χ3n) is 5.60. The molecule has 4 rings (SSSR count). The van der Waals surface area contributed by atoms with Gasteiger partial charge in [0, 0.05) is 21.1 Å². The van der Waals surface area contributed by atoms with Crippen LogP contribution < -0.4 is 9.62 Å². The maximum atomic E-state index is 14.0. The van der Waals surface area contributed by atoms with E-state index in [1.54, 1.807) is 54.6 Å². The maximum absolute atomic E-state index is 14.0. The highest BCUT2D eigenvalue weighted by Gasteiger charge is 2.30. The molecule has 1 N–H and O–H groups in total. The van der Waals surface area contributed by atoms with E-state index in [0.717, 1.165) is 20.8 Å². The van der Waals surface area contributed by atoms with Gasteiger partial charge in [0.2, 0.25) is 5.91 Å². The van der Waals surface area contributed by atoms with E-state index in [-0.39, 0.29) is 4.90 Å². The van der Waals surface area contributed by atoms with Gasteiger partial charge in [-0.15, -0.1) is 0 Å². The van der Waals surface area contributed by atoms with Gasteiger partial charge in [0.25, 0.3) is 10.0 Å². The Morgan fingerprint density at radius 3 is 2.26 bits per heavy atom. The number of sulfonamides is 1. The Morgan fingerprint density at radius 1 is 0.882 bits per heavy atom. The van der Waals surface area contributed by atoms with E-state index in [2.05, 4.69) is 5.32 Å². The molecule has 8 heteroatoms. The Morgan fingerprint density at radius 2 is 1.53 bits per heavy atom. The van der Waals surface area contributed by atoms with Crippen molar-refractivity contribution in [2.75, 3.05) is 16.2 Å². The molecule has 0 radical (unpaired) electrons. The normalized spacial score (nSPS) is 11.4. The number of benzene rings is 4. The molecule has 5 nitrogen and oxygen atoms in total. The Kier molecular flexibility index (Phi) is 6.84. The number of carbonyl (C=O) groups excluding carboxylic acids is 1. The van der Waals surface area contributed by atoms with Crippen molar-refractivity contribution in [3.8, 4) is 0 Å². The van der Waals surface area contributed by atoms with Crippen LogP contribution in [0.15, 0.2) is 83.8 Å². The summed E-state index contributed by atoms with van der Waals surface area (Å²) >= 11 is 12.1. The van der Waals surface area contributed by atoms with Gasteiger partial charge in [-0.25, -0.2) is 8.42 Å². The van der Waals surface area contributed by atoms with Crippen molar-refractivity contribution >= 4 is 61.3 Å². The number of halogens is 2. The molecule has 4 aromatic rings. The molecule has 0 bridgehead atoms. The zero-order valence-corrected chi connectivity index (χ0v) is 20.9. The second-order valence-electron chi connectivity index (χ2n) is 7.91. The lowest BCUT2D eigenvalue weighted by Crippen LogP contribution is -2.38. The fourth-order valence-corrected chi connectivity index (χ4v) is 6.02. The second kappa shape index (κ2) is 9.66. The van der Waals surface area contributed by atoms with E-state index in [1.165, 1.54) is 0 Å². The quantitative estimate of drug-likeness (QED) is 0.316. The third-order valence-corrected chi connectivity index (χ3v) is 7.85. The zero-order valence-electron chi connectivity index (χ0n) is 18.5. The third kappa shape index (κ3) is 4.89. The van der Waals surface area contributed by atoms with E-state index in [1.807, 2.05) is 38.1 Å². The minimum atomic E-state index is -4.10. The Hall–Kier alpha value is -3.06. The van der Waals surface area contributed by atoms with Crippen molar-refractivity contribution in [1.82, 2.24) is 0 Å². The van der Waals surface area contributed by atoms with Crippen molar-refractivity contribution in [2.45, 2.75) is 18.7 Å². The SMILES string of the molecule is Cc1cccc(N(CC(=O)Nc2cc(Cl)cc(Cl)c2)S(=O)(=O)c2cccc3ccccc23)c1C. The maximum Gasteiger partial charge on any atom is 0.265 e. The molecule has 34 heavy (non-hydrogen) atoms. The van der Waals surface area contributed by atoms with Gasteiger partial charge in [-0.2, -0.15) is 0 Å². The molecule has 0 spiro atoms. The number of anilines is 2. The first-order valence-electron chi connectivity index (χ1n) is 10.5. The van der Waals surface area contributed by atoms with Crippen molar-refractivity contribution in [1.29, 1.82) is 0 Å². The number of nitrogens with one attached hydrogen (secondary N) is 1. The van der Waals surface area contributed by atoms with Crippen molar-refractivity contribution in [3.05, 3.63) is 100 Å². The van der Waals surface area contributed by atoms with Crippen molar-refractivity contribution in [3.63, 3.8) is 0 Å². The molecule has 0 saturated carbocycles. The van der Waals surface area contributed by atoms with Crippen LogP contribution in [-0.2, 0) is 14.8 Å². The molecule has 0 heterocycles. The molecule has 0 unspecified atom stereocenters. The Balaban J connectivity index is 1.80. The predicted octanol–water partition coefficient (Wildman–Crippen LogP) is 6.60. The summed E-state index contributed by atoms with van der Waals surface area (Å²) in [6.45, 7) is 3.31.